The van der Waals surface area contributed by atoms with Gasteiger partial charge in [-0.05, 0) is 24.9 Å². The van der Waals surface area contributed by atoms with Crippen molar-refractivity contribution >= 4 is 11.8 Å². The molecule has 0 rings (SSSR count). The number of nitrogens with one attached hydrogen (secondary N) is 1. The molecule has 3 heteroatoms. The van der Waals surface area contributed by atoms with Gasteiger partial charge in [-0.2, -0.15) is 11.8 Å². The quantitative estimate of drug-likeness (QED) is 0.483. The number of rotatable bonds is 8. The van der Waals surface area contributed by atoms with Crippen molar-refractivity contribution in [2.24, 2.45) is 0 Å². The lowest BCUT2D eigenvalue weighted by Crippen LogP contribution is -2.32. The van der Waals surface area contributed by atoms with Gasteiger partial charge in [0.05, 0.1) is 6.73 Å². The Morgan fingerprint density at radius 2 is 2.31 bits per heavy atom. The molecule has 0 saturated carbocycles. The molecule has 0 aliphatic carbocycles. The van der Waals surface area contributed by atoms with Crippen molar-refractivity contribution in [1.82, 2.24) is 5.32 Å². The van der Waals surface area contributed by atoms with Crippen LogP contribution in [-0.2, 0) is 4.74 Å². The van der Waals surface area contributed by atoms with Gasteiger partial charge in [0.25, 0.3) is 0 Å². The highest BCUT2D eigenvalue weighted by molar-refractivity contribution is 7.98. The van der Waals surface area contributed by atoms with Crippen LogP contribution in [0.1, 0.15) is 19.8 Å². The second-order valence-corrected chi connectivity index (χ2v) is 3.97. The van der Waals surface area contributed by atoms with Crippen molar-refractivity contribution in [3.05, 3.63) is 12.2 Å². The number of methoxy groups -OCH3 is 1. The fourth-order valence-corrected chi connectivity index (χ4v) is 1.59. The van der Waals surface area contributed by atoms with Crippen LogP contribution in [0.4, 0.5) is 0 Å². The molecule has 0 aromatic rings. The molecule has 0 fully saturated rings. The normalized spacial score (nSPS) is 12.8. The smallest absolute Gasteiger partial charge is 0.0966 e. The fraction of sp³-hybridized carbons (Fsp3) is 0.800. The third kappa shape index (κ3) is 6.13. The van der Waals surface area contributed by atoms with Gasteiger partial charge in [-0.1, -0.05) is 19.1 Å². The summed E-state index contributed by atoms with van der Waals surface area (Å²) < 4.78 is 4.99. The highest BCUT2D eigenvalue weighted by Crippen LogP contribution is 2.10. The van der Waals surface area contributed by atoms with Crippen LogP contribution in [0.25, 0.3) is 0 Å². The Balaban J connectivity index is 3.79. The molecule has 0 aromatic heterocycles. The zero-order valence-corrected chi connectivity index (χ0v) is 9.75. The average molecular weight is 203 g/mol. The lowest BCUT2D eigenvalue weighted by molar-refractivity contribution is 0.166. The molecule has 78 valence electrons. The first-order valence-electron chi connectivity index (χ1n) is 4.65. The Hall–Kier alpha value is 0.01000. The molecule has 2 nitrogen and oxygen atoms in total. The Bertz CT molecular complexity index is 131. The molecular formula is C10H21NOS. The van der Waals surface area contributed by atoms with Gasteiger partial charge < -0.3 is 4.74 Å². The van der Waals surface area contributed by atoms with Crippen LogP contribution in [0.5, 0.6) is 0 Å². The summed E-state index contributed by atoms with van der Waals surface area (Å²) in [7, 11) is 1.70. The van der Waals surface area contributed by atoms with Crippen molar-refractivity contribution < 1.29 is 4.74 Å². The van der Waals surface area contributed by atoms with E-state index in [0.29, 0.717) is 12.8 Å². The number of ether oxygens (including phenoxy) is 1. The molecule has 0 amide bonds. The molecular weight excluding hydrogens is 182 g/mol. The Morgan fingerprint density at radius 3 is 2.77 bits per heavy atom. The maximum atomic E-state index is 4.99. The molecule has 0 saturated heterocycles. The summed E-state index contributed by atoms with van der Waals surface area (Å²) in [6.07, 6.45) is 4.30. The van der Waals surface area contributed by atoms with Crippen LogP contribution >= 0.6 is 11.8 Å². The molecule has 13 heavy (non-hydrogen) atoms. The van der Waals surface area contributed by atoms with Gasteiger partial charge in [0.1, 0.15) is 0 Å². The van der Waals surface area contributed by atoms with E-state index in [1.807, 2.05) is 11.8 Å². The minimum absolute atomic E-state index is 0.414. The summed E-state index contributed by atoms with van der Waals surface area (Å²) in [6.45, 7) is 6.80. The summed E-state index contributed by atoms with van der Waals surface area (Å²) in [5.41, 5.74) is 1.27. The topological polar surface area (TPSA) is 21.3 Å². The molecule has 0 unspecified atom stereocenters. The largest absolute Gasteiger partial charge is 0.370 e. The third-order valence-corrected chi connectivity index (χ3v) is 2.68. The number of hydrogen-bond donors (Lipinski definition) is 1. The minimum Gasteiger partial charge on any atom is -0.370 e. The molecule has 0 aromatic carbocycles. The van der Waals surface area contributed by atoms with Gasteiger partial charge in [0.15, 0.2) is 0 Å². The van der Waals surface area contributed by atoms with Crippen molar-refractivity contribution in [3.8, 4) is 0 Å². The maximum Gasteiger partial charge on any atom is 0.0966 e. The standard InChI is InChI=1S/C10H21NOS/c1-5-9(2)10(6-7-13-4)11-8-12-3/h10-11H,2,5-8H2,1,3-4H3/t10-/m0/s1. The van der Waals surface area contributed by atoms with Crippen molar-refractivity contribution in [1.29, 1.82) is 0 Å². The summed E-state index contributed by atoms with van der Waals surface area (Å²) in [5.74, 6) is 1.17. The number of thioether (sulfide) groups is 1. The predicted octanol–water partition coefficient (Wildman–Crippen LogP) is 2.27. The minimum atomic E-state index is 0.414. The molecule has 0 aliphatic rings. The average Bonchev–Trinajstić information content (AvgIpc) is 2.17. The maximum absolute atomic E-state index is 4.99. The van der Waals surface area contributed by atoms with E-state index in [-0.39, 0.29) is 0 Å². The summed E-state index contributed by atoms with van der Waals surface area (Å²) in [6, 6.07) is 0.414. The highest BCUT2D eigenvalue weighted by Gasteiger charge is 2.09. The molecule has 1 N–H and O–H groups in total. The van der Waals surface area contributed by atoms with Crippen LogP contribution in [0, 0.1) is 0 Å². The SMILES string of the molecule is C=C(CC)[C@H](CCSC)NCOC. The first-order chi connectivity index (χ1) is 6.26. The van der Waals surface area contributed by atoms with Crippen molar-refractivity contribution in [3.63, 3.8) is 0 Å². The van der Waals surface area contributed by atoms with Crippen LogP contribution in [-0.4, -0.2) is 31.9 Å². The lowest BCUT2D eigenvalue weighted by atomic mass is 10.0. The predicted molar refractivity (Wildman–Crippen MR) is 61.2 cm³/mol. The number of hydrogen-bond acceptors (Lipinski definition) is 3. The lowest BCUT2D eigenvalue weighted by Gasteiger charge is -2.19. The van der Waals surface area contributed by atoms with E-state index in [1.54, 1.807) is 7.11 Å². The summed E-state index contributed by atoms with van der Waals surface area (Å²) in [5, 5.41) is 3.32. The molecule has 0 radical (unpaired) electrons. The van der Waals surface area contributed by atoms with Gasteiger partial charge in [0.2, 0.25) is 0 Å². The van der Waals surface area contributed by atoms with E-state index in [0.717, 1.165) is 12.8 Å². The van der Waals surface area contributed by atoms with E-state index >= 15 is 0 Å². The second kappa shape index (κ2) is 8.60. The highest BCUT2D eigenvalue weighted by atomic mass is 32.2. The first-order valence-corrected chi connectivity index (χ1v) is 6.04. The van der Waals surface area contributed by atoms with E-state index < -0.39 is 0 Å². The molecule has 0 spiro atoms. The van der Waals surface area contributed by atoms with Gasteiger partial charge in [0, 0.05) is 13.2 Å². The van der Waals surface area contributed by atoms with Crippen molar-refractivity contribution in [2.75, 3.05) is 25.8 Å². The van der Waals surface area contributed by atoms with Gasteiger partial charge in [-0.25, -0.2) is 0 Å². The zero-order chi connectivity index (χ0) is 10.1. The molecule has 0 aliphatic heterocycles. The second-order valence-electron chi connectivity index (χ2n) is 2.98. The summed E-state index contributed by atoms with van der Waals surface area (Å²) in [4.78, 5) is 0. The van der Waals surface area contributed by atoms with Gasteiger partial charge in [-0.3, -0.25) is 5.32 Å². The Morgan fingerprint density at radius 1 is 1.62 bits per heavy atom. The summed E-state index contributed by atoms with van der Waals surface area (Å²) >= 11 is 1.87. The molecule has 1 atom stereocenters. The first kappa shape index (κ1) is 13.0. The van der Waals surface area contributed by atoms with E-state index in [4.69, 9.17) is 4.74 Å². The van der Waals surface area contributed by atoms with E-state index in [1.165, 1.54) is 11.3 Å². The fourth-order valence-electron chi connectivity index (χ4n) is 1.12. The molecule has 0 bridgehead atoms. The van der Waals surface area contributed by atoms with Crippen LogP contribution in [0.2, 0.25) is 0 Å². The van der Waals surface area contributed by atoms with Gasteiger partial charge >= 0.3 is 0 Å². The van der Waals surface area contributed by atoms with Crippen LogP contribution < -0.4 is 5.32 Å². The van der Waals surface area contributed by atoms with Gasteiger partial charge in [-0.15, -0.1) is 0 Å². The van der Waals surface area contributed by atoms with Crippen molar-refractivity contribution in [2.45, 2.75) is 25.8 Å². The monoisotopic (exact) mass is 203 g/mol. The van der Waals surface area contributed by atoms with Crippen LogP contribution in [0.15, 0.2) is 12.2 Å². The Kier molecular flexibility index (Phi) is 8.61. The zero-order valence-electron chi connectivity index (χ0n) is 8.93. The van der Waals surface area contributed by atoms with Crippen LogP contribution in [0.3, 0.4) is 0 Å². The van der Waals surface area contributed by atoms with E-state index in [2.05, 4.69) is 25.1 Å². The Labute approximate surface area is 86.1 Å². The van der Waals surface area contributed by atoms with E-state index in [9.17, 15) is 0 Å². The molecule has 0 heterocycles. The third-order valence-electron chi connectivity index (χ3n) is 2.03.